The lowest BCUT2D eigenvalue weighted by atomic mass is 10.1. The van der Waals surface area contributed by atoms with Crippen LogP contribution < -0.4 is 10.2 Å². The SMILES string of the molecule is O=C1CC(C(F)(F)F)N(C(=O)CSc2ncccn2)c2ccccc2N1. The molecule has 2 amide bonds. The molecule has 26 heavy (non-hydrogen) atoms. The molecule has 2 heterocycles. The second-order valence-electron chi connectivity index (χ2n) is 5.41. The number of aromatic nitrogens is 2. The minimum Gasteiger partial charge on any atom is -0.324 e. The third-order valence-corrected chi connectivity index (χ3v) is 4.50. The molecule has 136 valence electrons. The molecule has 0 spiro atoms. The molecule has 1 aliphatic heterocycles. The van der Waals surface area contributed by atoms with E-state index in [0.29, 0.717) is 4.90 Å². The lowest BCUT2D eigenvalue weighted by molar-refractivity contribution is -0.157. The van der Waals surface area contributed by atoms with Crippen LogP contribution in [0.2, 0.25) is 0 Å². The van der Waals surface area contributed by atoms with Crippen molar-refractivity contribution < 1.29 is 22.8 Å². The minimum absolute atomic E-state index is 0.0141. The predicted octanol–water partition coefficient (Wildman–Crippen LogP) is 2.88. The smallest absolute Gasteiger partial charge is 0.324 e. The van der Waals surface area contributed by atoms with Crippen molar-refractivity contribution >= 4 is 35.0 Å². The second-order valence-corrected chi connectivity index (χ2v) is 6.35. The summed E-state index contributed by atoms with van der Waals surface area (Å²) in [5.74, 6) is -1.87. The number of nitrogens with one attached hydrogen (secondary N) is 1. The van der Waals surface area contributed by atoms with Gasteiger partial charge in [-0.3, -0.25) is 14.5 Å². The van der Waals surface area contributed by atoms with Crippen molar-refractivity contribution in [3.63, 3.8) is 0 Å². The highest BCUT2D eigenvalue weighted by Gasteiger charge is 2.48. The Hall–Kier alpha value is -2.62. The van der Waals surface area contributed by atoms with E-state index in [0.717, 1.165) is 11.8 Å². The topological polar surface area (TPSA) is 75.2 Å². The van der Waals surface area contributed by atoms with Gasteiger partial charge in [-0.2, -0.15) is 13.2 Å². The maximum Gasteiger partial charge on any atom is 0.409 e. The van der Waals surface area contributed by atoms with Gasteiger partial charge in [-0.25, -0.2) is 9.97 Å². The number of halogens is 3. The average Bonchev–Trinajstić information content (AvgIpc) is 2.76. The molecule has 1 atom stereocenters. The first kappa shape index (κ1) is 18.2. The number of para-hydroxylation sites is 2. The number of benzene rings is 1. The van der Waals surface area contributed by atoms with E-state index in [-0.39, 0.29) is 22.3 Å². The van der Waals surface area contributed by atoms with E-state index in [1.165, 1.54) is 30.6 Å². The van der Waals surface area contributed by atoms with Gasteiger partial charge in [-0.1, -0.05) is 23.9 Å². The number of carbonyl (C=O) groups excluding carboxylic acids is 2. The van der Waals surface area contributed by atoms with Gasteiger partial charge >= 0.3 is 6.18 Å². The van der Waals surface area contributed by atoms with Crippen LogP contribution in [0, 0.1) is 0 Å². The number of hydrogen-bond acceptors (Lipinski definition) is 5. The van der Waals surface area contributed by atoms with E-state index < -0.39 is 30.5 Å². The second kappa shape index (κ2) is 7.32. The van der Waals surface area contributed by atoms with Crippen LogP contribution in [0.4, 0.5) is 24.5 Å². The first-order chi connectivity index (χ1) is 12.4. The maximum atomic E-state index is 13.6. The Morgan fingerprint density at radius 2 is 1.92 bits per heavy atom. The van der Waals surface area contributed by atoms with Crippen molar-refractivity contribution in [2.75, 3.05) is 16.0 Å². The standard InChI is InChI=1S/C16H13F3N4O2S/c17-16(18,19)12-8-13(24)22-10-4-1-2-5-11(10)23(12)14(25)9-26-15-20-6-3-7-21-15/h1-7,12H,8-9H2,(H,22,24). The fourth-order valence-electron chi connectivity index (χ4n) is 2.55. The van der Waals surface area contributed by atoms with Crippen LogP contribution in [0.3, 0.4) is 0 Å². The zero-order valence-corrected chi connectivity index (χ0v) is 14.0. The molecule has 3 rings (SSSR count). The quantitative estimate of drug-likeness (QED) is 0.653. The summed E-state index contributed by atoms with van der Waals surface area (Å²) in [6.45, 7) is 0. The Morgan fingerprint density at radius 3 is 2.62 bits per heavy atom. The molecule has 1 aliphatic rings. The minimum atomic E-state index is -4.75. The van der Waals surface area contributed by atoms with Crippen molar-refractivity contribution in [1.82, 2.24) is 9.97 Å². The van der Waals surface area contributed by atoms with Gasteiger partial charge < -0.3 is 5.32 Å². The van der Waals surface area contributed by atoms with Gasteiger partial charge in [0, 0.05) is 12.4 Å². The highest BCUT2D eigenvalue weighted by molar-refractivity contribution is 7.99. The number of fused-ring (bicyclic) bond motifs is 1. The zero-order valence-electron chi connectivity index (χ0n) is 13.2. The van der Waals surface area contributed by atoms with Crippen LogP contribution in [0.5, 0.6) is 0 Å². The summed E-state index contributed by atoms with van der Waals surface area (Å²) in [4.78, 5) is 33.0. The Bertz CT molecular complexity index is 817. The number of nitrogens with zero attached hydrogens (tertiary/aromatic N) is 3. The molecule has 0 aliphatic carbocycles. The van der Waals surface area contributed by atoms with Gasteiger partial charge in [0.1, 0.15) is 6.04 Å². The Kier molecular flexibility index (Phi) is 5.12. The molecule has 1 unspecified atom stereocenters. The number of carbonyl (C=O) groups is 2. The van der Waals surface area contributed by atoms with Crippen LogP contribution >= 0.6 is 11.8 Å². The molecule has 1 aromatic heterocycles. The summed E-state index contributed by atoms with van der Waals surface area (Å²) in [7, 11) is 0. The molecule has 0 saturated carbocycles. The number of alkyl halides is 3. The molecular weight excluding hydrogens is 369 g/mol. The fourth-order valence-corrected chi connectivity index (χ4v) is 3.21. The molecule has 0 fully saturated rings. The van der Waals surface area contributed by atoms with Gasteiger partial charge in [-0.15, -0.1) is 0 Å². The molecule has 10 heteroatoms. The third-order valence-electron chi connectivity index (χ3n) is 3.64. The van der Waals surface area contributed by atoms with Crippen molar-refractivity contribution in [3.8, 4) is 0 Å². The lowest BCUT2D eigenvalue weighted by Crippen LogP contribution is -2.50. The number of rotatable bonds is 3. The number of anilines is 2. The first-order valence-corrected chi connectivity index (χ1v) is 8.52. The summed E-state index contributed by atoms with van der Waals surface area (Å²) in [5.41, 5.74) is 0.179. The van der Waals surface area contributed by atoms with Crippen molar-refractivity contribution in [2.45, 2.75) is 23.8 Å². The molecule has 0 radical (unpaired) electrons. The van der Waals surface area contributed by atoms with Crippen molar-refractivity contribution in [2.24, 2.45) is 0 Å². The summed E-state index contributed by atoms with van der Waals surface area (Å²) in [6.07, 6.45) is -2.67. The molecule has 0 saturated heterocycles. The number of amides is 2. The molecule has 6 nitrogen and oxygen atoms in total. The van der Waals surface area contributed by atoms with Gasteiger partial charge in [0.05, 0.1) is 23.5 Å². The average molecular weight is 382 g/mol. The van der Waals surface area contributed by atoms with E-state index >= 15 is 0 Å². The van der Waals surface area contributed by atoms with Gasteiger partial charge in [0.25, 0.3) is 0 Å². The molecule has 1 N–H and O–H groups in total. The summed E-state index contributed by atoms with van der Waals surface area (Å²) in [5, 5.41) is 2.70. The highest BCUT2D eigenvalue weighted by atomic mass is 32.2. The zero-order chi connectivity index (χ0) is 18.7. The lowest BCUT2D eigenvalue weighted by Gasteiger charge is -2.31. The molecule has 0 bridgehead atoms. The molecule has 1 aromatic carbocycles. The van der Waals surface area contributed by atoms with E-state index in [9.17, 15) is 22.8 Å². The van der Waals surface area contributed by atoms with Crippen molar-refractivity contribution in [1.29, 1.82) is 0 Å². The van der Waals surface area contributed by atoms with Gasteiger partial charge in [0.15, 0.2) is 5.16 Å². The number of hydrogen-bond donors (Lipinski definition) is 1. The third kappa shape index (κ3) is 3.96. The largest absolute Gasteiger partial charge is 0.409 e. The summed E-state index contributed by atoms with van der Waals surface area (Å²) >= 11 is 0.931. The monoisotopic (exact) mass is 382 g/mol. The Balaban J connectivity index is 1.93. The van der Waals surface area contributed by atoms with E-state index in [1.807, 2.05) is 0 Å². The normalized spacial score (nSPS) is 17.3. The van der Waals surface area contributed by atoms with Crippen LogP contribution in [0.15, 0.2) is 47.9 Å². The van der Waals surface area contributed by atoms with Crippen LogP contribution in [-0.4, -0.2) is 39.8 Å². The Labute approximate surface area is 150 Å². The fraction of sp³-hybridized carbons (Fsp3) is 0.250. The van der Waals surface area contributed by atoms with E-state index in [4.69, 9.17) is 0 Å². The van der Waals surface area contributed by atoms with Crippen molar-refractivity contribution in [3.05, 3.63) is 42.7 Å². The van der Waals surface area contributed by atoms with Gasteiger partial charge in [-0.05, 0) is 18.2 Å². The number of thioether (sulfide) groups is 1. The van der Waals surface area contributed by atoms with E-state index in [2.05, 4.69) is 15.3 Å². The van der Waals surface area contributed by atoms with Crippen LogP contribution in [-0.2, 0) is 9.59 Å². The molecular formula is C16H13F3N4O2S. The molecule has 2 aromatic rings. The van der Waals surface area contributed by atoms with Crippen LogP contribution in [0.1, 0.15) is 6.42 Å². The maximum absolute atomic E-state index is 13.6. The predicted molar refractivity (Wildman–Crippen MR) is 89.8 cm³/mol. The highest BCUT2D eigenvalue weighted by Crippen LogP contribution is 2.38. The summed E-state index contributed by atoms with van der Waals surface area (Å²) in [6, 6.07) is 5.27. The first-order valence-electron chi connectivity index (χ1n) is 7.54. The Morgan fingerprint density at radius 1 is 1.23 bits per heavy atom. The van der Waals surface area contributed by atoms with Crippen LogP contribution in [0.25, 0.3) is 0 Å². The summed E-state index contributed by atoms with van der Waals surface area (Å²) < 4.78 is 40.7. The van der Waals surface area contributed by atoms with E-state index in [1.54, 1.807) is 12.1 Å². The van der Waals surface area contributed by atoms with Gasteiger partial charge in [0.2, 0.25) is 11.8 Å².